The molecule has 0 rings (SSSR count). The summed E-state index contributed by atoms with van der Waals surface area (Å²) >= 11 is 0. The van der Waals surface area contributed by atoms with Gasteiger partial charge in [-0.05, 0) is 64.2 Å². The normalized spacial score (nSPS) is 12.7. The number of ether oxygens (including phenoxy) is 3. The van der Waals surface area contributed by atoms with Crippen LogP contribution in [0.3, 0.4) is 0 Å². The van der Waals surface area contributed by atoms with Crippen LogP contribution in [0.2, 0.25) is 0 Å². The summed E-state index contributed by atoms with van der Waals surface area (Å²) in [5, 5.41) is 0. The molecule has 0 saturated heterocycles. The van der Waals surface area contributed by atoms with E-state index < -0.39 is 6.10 Å². The van der Waals surface area contributed by atoms with Crippen LogP contribution in [-0.2, 0) is 28.6 Å². The molecule has 6 heteroatoms. The van der Waals surface area contributed by atoms with E-state index in [2.05, 4.69) is 45.1 Å². The minimum absolute atomic E-state index is 0.0896. The van der Waals surface area contributed by atoms with Gasteiger partial charge in [-0.15, -0.1) is 0 Å². The van der Waals surface area contributed by atoms with E-state index in [0.717, 1.165) is 70.6 Å². The van der Waals surface area contributed by atoms with Crippen LogP contribution >= 0.6 is 0 Å². The number of hydrogen-bond acceptors (Lipinski definition) is 6. The van der Waals surface area contributed by atoms with Gasteiger partial charge < -0.3 is 14.2 Å². The highest BCUT2D eigenvalue weighted by Gasteiger charge is 2.19. The van der Waals surface area contributed by atoms with E-state index in [4.69, 9.17) is 14.2 Å². The summed E-state index contributed by atoms with van der Waals surface area (Å²) < 4.78 is 16.7. The molecule has 0 aliphatic heterocycles. The van der Waals surface area contributed by atoms with Crippen molar-refractivity contribution < 1.29 is 28.6 Å². The number of unbranched alkanes of at least 4 members (excludes halogenated alkanes) is 25. The predicted octanol–water partition coefficient (Wildman–Crippen LogP) is 16.3. The fourth-order valence-electron chi connectivity index (χ4n) is 6.81. The SMILES string of the molecule is CC\C=C/C=C\C=C/C=C\C=C/CCCCCC(=O)OCC(COC(=O)CCCCCCCCCCCCCC)OC(=O)CCCCCCCCC/C=C\CCCCCC. The van der Waals surface area contributed by atoms with Crippen LogP contribution < -0.4 is 0 Å². The first-order valence-corrected chi connectivity index (χ1v) is 25.0. The molecular weight excluding hydrogens is 745 g/mol. The summed E-state index contributed by atoms with van der Waals surface area (Å²) in [7, 11) is 0. The molecule has 0 aromatic heterocycles. The molecule has 0 amide bonds. The third-order valence-corrected chi connectivity index (χ3v) is 10.6. The van der Waals surface area contributed by atoms with Crippen molar-refractivity contribution >= 4 is 17.9 Å². The van der Waals surface area contributed by atoms with Crippen LogP contribution in [0.15, 0.2) is 72.9 Å². The Kier molecular flexibility index (Phi) is 46.0. The van der Waals surface area contributed by atoms with Crippen molar-refractivity contribution in [3.05, 3.63) is 72.9 Å². The topological polar surface area (TPSA) is 78.9 Å². The molecule has 60 heavy (non-hydrogen) atoms. The summed E-state index contributed by atoms with van der Waals surface area (Å²) in [5.74, 6) is -0.937. The lowest BCUT2D eigenvalue weighted by Gasteiger charge is -2.18. The molecule has 0 aromatic rings. The van der Waals surface area contributed by atoms with E-state index in [9.17, 15) is 14.4 Å². The average molecular weight is 837 g/mol. The molecule has 0 bridgehead atoms. The lowest BCUT2D eigenvalue weighted by Crippen LogP contribution is -2.30. The van der Waals surface area contributed by atoms with Gasteiger partial charge in [0.1, 0.15) is 13.2 Å². The van der Waals surface area contributed by atoms with E-state index in [1.807, 2.05) is 48.6 Å². The molecular formula is C54H92O6. The maximum atomic E-state index is 12.8. The average Bonchev–Trinajstić information content (AvgIpc) is 3.24. The van der Waals surface area contributed by atoms with Gasteiger partial charge in [0, 0.05) is 19.3 Å². The van der Waals surface area contributed by atoms with Gasteiger partial charge in [-0.3, -0.25) is 14.4 Å². The fourth-order valence-corrected chi connectivity index (χ4v) is 6.81. The summed E-state index contributed by atoms with van der Waals surface area (Å²) in [6.07, 6.45) is 60.2. The summed E-state index contributed by atoms with van der Waals surface area (Å²) in [5.41, 5.74) is 0. The molecule has 0 saturated carbocycles. The first kappa shape index (κ1) is 56.9. The van der Waals surface area contributed by atoms with Gasteiger partial charge in [0.15, 0.2) is 6.10 Å². The van der Waals surface area contributed by atoms with Crippen molar-refractivity contribution in [3.63, 3.8) is 0 Å². The molecule has 0 fully saturated rings. The van der Waals surface area contributed by atoms with Gasteiger partial charge in [-0.25, -0.2) is 0 Å². The highest BCUT2D eigenvalue weighted by molar-refractivity contribution is 5.71. The largest absolute Gasteiger partial charge is 0.462 e. The zero-order valence-electron chi connectivity index (χ0n) is 39.2. The minimum Gasteiger partial charge on any atom is -0.462 e. The molecule has 1 unspecified atom stereocenters. The standard InChI is InChI=1S/C54H92O6/c1-4-7-10-13-16-19-22-25-27-29-32-35-38-41-44-47-53(56)59-50-51(49-58-52(55)46-43-40-37-34-31-24-21-18-15-12-9-6-3)60-54(57)48-45-42-39-36-33-30-28-26-23-20-17-14-11-8-5-2/h7,10,13,16,19-20,22-23,25,27,29,32,51H,4-6,8-9,11-12,14-15,17-18,21,24,26,28,30-31,33-50H2,1-3H3/b10-7-,16-13-,22-19-,23-20-,27-25-,32-29-. The van der Waals surface area contributed by atoms with E-state index >= 15 is 0 Å². The van der Waals surface area contributed by atoms with Gasteiger partial charge in [0.2, 0.25) is 0 Å². The van der Waals surface area contributed by atoms with Crippen LogP contribution in [0.25, 0.3) is 0 Å². The zero-order valence-corrected chi connectivity index (χ0v) is 39.2. The van der Waals surface area contributed by atoms with Crippen LogP contribution in [0, 0.1) is 0 Å². The van der Waals surface area contributed by atoms with Crippen molar-refractivity contribution in [1.29, 1.82) is 0 Å². The first-order chi connectivity index (χ1) is 29.5. The van der Waals surface area contributed by atoms with Crippen molar-refractivity contribution in [2.75, 3.05) is 13.2 Å². The molecule has 0 aromatic carbocycles. The Balaban J connectivity index is 4.46. The number of rotatable bonds is 44. The van der Waals surface area contributed by atoms with E-state index in [1.54, 1.807) is 0 Å². The van der Waals surface area contributed by atoms with Crippen molar-refractivity contribution in [2.45, 2.75) is 239 Å². The Bertz CT molecular complexity index is 1140. The van der Waals surface area contributed by atoms with Gasteiger partial charge >= 0.3 is 17.9 Å². The predicted molar refractivity (Wildman–Crippen MR) is 256 cm³/mol. The Morgan fingerprint density at radius 2 is 0.667 bits per heavy atom. The smallest absolute Gasteiger partial charge is 0.306 e. The Hall–Kier alpha value is -3.15. The molecule has 0 radical (unpaired) electrons. The second-order valence-electron chi connectivity index (χ2n) is 16.5. The molecule has 344 valence electrons. The van der Waals surface area contributed by atoms with Crippen LogP contribution in [0.4, 0.5) is 0 Å². The molecule has 0 heterocycles. The first-order valence-electron chi connectivity index (χ1n) is 25.0. The summed E-state index contributed by atoms with van der Waals surface area (Å²) in [4.78, 5) is 37.9. The van der Waals surface area contributed by atoms with Crippen LogP contribution in [0.1, 0.15) is 233 Å². The monoisotopic (exact) mass is 837 g/mol. The maximum Gasteiger partial charge on any atom is 0.306 e. The third kappa shape index (κ3) is 45.9. The second-order valence-corrected chi connectivity index (χ2v) is 16.5. The number of carbonyl (C=O) groups is 3. The van der Waals surface area contributed by atoms with Crippen molar-refractivity contribution in [3.8, 4) is 0 Å². The molecule has 6 nitrogen and oxygen atoms in total. The van der Waals surface area contributed by atoms with Gasteiger partial charge in [0.25, 0.3) is 0 Å². The van der Waals surface area contributed by atoms with E-state index in [0.29, 0.717) is 19.3 Å². The van der Waals surface area contributed by atoms with Crippen molar-refractivity contribution in [2.24, 2.45) is 0 Å². The highest BCUT2D eigenvalue weighted by Crippen LogP contribution is 2.15. The van der Waals surface area contributed by atoms with Crippen LogP contribution in [0.5, 0.6) is 0 Å². The van der Waals surface area contributed by atoms with E-state index in [-0.39, 0.29) is 31.1 Å². The highest BCUT2D eigenvalue weighted by atomic mass is 16.6. The number of esters is 3. The summed E-state index contributed by atoms with van der Waals surface area (Å²) in [6.45, 7) is 6.44. The second kappa shape index (κ2) is 48.5. The lowest BCUT2D eigenvalue weighted by molar-refractivity contribution is -0.167. The Labute approximate surface area is 370 Å². The number of carbonyl (C=O) groups excluding carboxylic acids is 3. The van der Waals surface area contributed by atoms with Gasteiger partial charge in [-0.1, -0.05) is 222 Å². The number of hydrogen-bond donors (Lipinski definition) is 0. The van der Waals surface area contributed by atoms with Crippen molar-refractivity contribution in [1.82, 2.24) is 0 Å². The third-order valence-electron chi connectivity index (χ3n) is 10.6. The molecule has 0 N–H and O–H groups in total. The molecule has 0 spiro atoms. The fraction of sp³-hybridized carbons (Fsp3) is 0.722. The molecule has 0 aliphatic rings. The Morgan fingerprint density at radius 1 is 0.350 bits per heavy atom. The van der Waals surface area contributed by atoms with E-state index in [1.165, 1.54) is 122 Å². The number of allylic oxidation sites excluding steroid dienone is 12. The maximum absolute atomic E-state index is 12.8. The van der Waals surface area contributed by atoms with Gasteiger partial charge in [0.05, 0.1) is 0 Å². The zero-order chi connectivity index (χ0) is 43.7. The molecule has 0 aliphatic carbocycles. The quantitative estimate of drug-likeness (QED) is 0.0200. The van der Waals surface area contributed by atoms with Gasteiger partial charge in [-0.2, -0.15) is 0 Å². The Morgan fingerprint density at radius 3 is 1.10 bits per heavy atom. The lowest BCUT2D eigenvalue weighted by atomic mass is 10.0. The molecule has 1 atom stereocenters. The minimum atomic E-state index is -0.792. The van der Waals surface area contributed by atoms with Crippen LogP contribution in [-0.4, -0.2) is 37.2 Å². The summed E-state index contributed by atoms with van der Waals surface area (Å²) in [6, 6.07) is 0.